The third-order valence-corrected chi connectivity index (χ3v) is 13.4. The average molecular weight is 1030 g/mol. The van der Waals surface area contributed by atoms with Crippen molar-refractivity contribution in [1.29, 1.82) is 0 Å². The standard InChI is InChI=1S/C13H28N4.C11H14N2.C10H22N2.2C9H20.C7H8.2C2H6.2CH4/c1-10(2)13(4,5)11(3)15-17(9)12(14-6)16(7)8;1-8-4-5-10-9(6-8)7-12-11(10)13(2)3;1-8(2)10(4,5)9(3)11-12(6)7;2*1-6-9(4,5)7-8(2)3;1-7-5-3-2-4-6-7;2*1-2;;/h10H,1-9H3;4-6H,7H2,1-3H3;8H,1-7H3;2*8H,6-7H2,1-5H3;2-6H,1H3;2*1-2H3;2*1H4/b14-12?,15-11+;;11-9+;;;;;;;. The van der Waals surface area contributed by atoms with E-state index in [0.29, 0.717) is 22.7 Å². The Kier molecular flexibility index (Phi) is 48.5. The molecule has 0 radical (unpaired) electrons. The number of aliphatic imine (C=N–C) groups is 2. The lowest BCUT2D eigenvalue weighted by molar-refractivity contribution is 0.277. The van der Waals surface area contributed by atoms with Crippen molar-refractivity contribution >= 4 is 23.2 Å². The maximum Gasteiger partial charge on any atom is 0.216 e. The summed E-state index contributed by atoms with van der Waals surface area (Å²) in [4.78, 5) is 12.7. The van der Waals surface area contributed by atoms with Gasteiger partial charge in [0, 0.05) is 84.2 Å². The molecule has 0 aromatic heterocycles. The van der Waals surface area contributed by atoms with Crippen LogP contribution in [0.1, 0.15) is 229 Å². The molecule has 3 rings (SSSR count). The van der Waals surface area contributed by atoms with Gasteiger partial charge in [0.2, 0.25) is 5.96 Å². The van der Waals surface area contributed by atoms with E-state index in [1.54, 1.807) is 7.05 Å². The minimum atomic E-state index is 0. The molecule has 0 saturated carbocycles. The summed E-state index contributed by atoms with van der Waals surface area (Å²) in [6, 6.07) is 16.8. The van der Waals surface area contributed by atoms with Gasteiger partial charge < -0.3 is 14.8 Å². The van der Waals surface area contributed by atoms with Gasteiger partial charge in [-0.2, -0.15) is 10.2 Å². The largest absolute Gasteiger partial charge is 0.363 e. The predicted octanol–water partition coefficient (Wildman–Crippen LogP) is 19.2. The van der Waals surface area contributed by atoms with Crippen LogP contribution in [0.3, 0.4) is 0 Å². The van der Waals surface area contributed by atoms with Crippen LogP contribution in [0.5, 0.6) is 0 Å². The summed E-state index contributed by atoms with van der Waals surface area (Å²) in [5, 5.41) is 12.8. The number of hydrogen-bond donors (Lipinski definition) is 0. The highest BCUT2D eigenvalue weighted by Crippen LogP contribution is 2.30. The molecule has 0 aliphatic carbocycles. The van der Waals surface area contributed by atoms with Crippen LogP contribution in [0.2, 0.25) is 0 Å². The number of nitrogens with zero attached hydrogens (tertiary/aromatic N) is 8. The highest BCUT2D eigenvalue weighted by atomic mass is 15.5. The Bertz CT molecular complexity index is 1710. The molecule has 0 spiro atoms. The van der Waals surface area contributed by atoms with Gasteiger partial charge in [0.25, 0.3) is 0 Å². The van der Waals surface area contributed by atoms with Gasteiger partial charge in [0.15, 0.2) is 0 Å². The minimum absolute atomic E-state index is 0. The van der Waals surface area contributed by atoms with Gasteiger partial charge in [0.05, 0.1) is 6.54 Å². The molecule has 1 heterocycles. The average Bonchev–Trinajstić information content (AvgIpc) is 3.69. The number of benzene rings is 2. The van der Waals surface area contributed by atoms with Gasteiger partial charge in [-0.1, -0.05) is 240 Å². The Balaban J connectivity index is -0.000000143. The Hall–Kier alpha value is -3.68. The van der Waals surface area contributed by atoms with Gasteiger partial charge in [-0.15, -0.1) is 0 Å². The van der Waals surface area contributed by atoms with Crippen LogP contribution in [0, 0.1) is 59.2 Å². The van der Waals surface area contributed by atoms with E-state index in [1.165, 1.54) is 53.6 Å². The first-order valence-electron chi connectivity index (χ1n) is 27.5. The maximum atomic E-state index is 4.64. The zero-order chi connectivity index (χ0) is 57.3. The Labute approximate surface area is 460 Å². The summed E-state index contributed by atoms with van der Waals surface area (Å²) in [6.45, 7) is 58.1. The van der Waals surface area contributed by atoms with Crippen molar-refractivity contribution in [3.8, 4) is 0 Å². The van der Waals surface area contributed by atoms with E-state index in [4.69, 9.17) is 0 Å². The van der Waals surface area contributed by atoms with Crippen LogP contribution in [0.15, 0.2) is 68.7 Å². The molecule has 1 aliphatic rings. The molecule has 432 valence electrons. The number of hydrazone groups is 2. The molecule has 8 nitrogen and oxygen atoms in total. The summed E-state index contributed by atoms with van der Waals surface area (Å²) in [6.07, 6.45) is 5.30. The van der Waals surface area contributed by atoms with Gasteiger partial charge in [-0.25, -0.2) is 5.01 Å². The van der Waals surface area contributed by atoms with Crippen molar-refractivity contribution in [1.82, 2.24) is 19.8 Å². The fourth-order valence-corrected chi connectivity index (χ4v) is 7.03. The summed E-state index contributed by atoms with van der Waals surface area (Å²) >= 11 is 0. The van der Waals surface area contributed by atoms with E-state index in [2.05, 4.69) is 208 Å². The molecule has 2 aromatic carbocycles. The Morgan fingerprint density at radius 1 is 0.589 bits per heavy atom. The van der Waals surface area contributed by atoms with Crippen LogP contribution in [-0.4, -0.2) is 99.4 Å². The van der Waals surface area contributed by atoms with Crippen molar-refractivity contribution in [2.45, 2.75) is 227 Å². The van der Waals surface area contributed by atoms with E-state index in [0.717, 1.165) is 35.9 Å². The second-order valence-corrected chi connectivity index (χ2v) is 23.5. The monoisotopic (exact) mass is 1030 g/mol. The Morgan fingerprint density at radius 2 is 0.973 bits per heavy atom. The highest BCUT2D eigenvalue weighted by Gasteiger charge is 2.27. The summed E-state index contributed by atoms with van der Waals surface area (Å²) < 4.78 is 0. The third kappa shape index (κ3) is 38.5. The van der Waals surface area contributed by atoms with E-state index in [1.807, 2.05) is 110 Å². The molecular weight excluding hydrogens is 893 g/mol. The van der Waals surface area contributed by atoms with Gasteiger partial charge in [-0.3, -0.25) is 9.98 Å². The highest BCUT2D eigenvalue weighted by molar-refractivity contribution is 6.01. The molecule has 0 saturated heterocycles. The first kappa shape index (κ1) is 83.3. The SMILES string of the molecule is C.C.C/C(=N\N(C)C)C(C)(C)C(C)C.CC.CC.CCC(C)(C)CC(C)C.CCC(C)(C)CC(C)C.CN=C(N(C)C)N(C)/N=C(\C)C(C)(C)C(C)C.Cc1ccc2c(c1)CN=C2N(C)C.Cc1ccccc1. The number of guanidine groups is 1. The third-order valence-electron chi connectivity index (χ3n) is 13.4. The van der Waals surface area contributed by atoms with Crippen molar-refractivity contribution in [3.05, 3.63) is 70.8 Å². The van der Waals surface area contributed by atoms with Gasteiger partial charge >= 0.3 is 0 Å². The Morgan fingerprint density at radius 3 is 1.23 bits per heavy atom. The molecular formula is C65H132N8. The van der Waals surface area contributed by atoms with Crippen LogP contribution >= 0.6 is 0 Å². The molecule has 2 aromatic rings. The van der Waals surface area contributed by atoms with E-state index in [9.17, 15) is 0 Å². The number of aryl methyl sites for hydroxylation is 2. The molecule has 0 amide bonds. The number of hydrogen-bond acceptors (Lipinski definition) is 6. The summed E-state index contributed by atoms with van der Waals surface area (Å²) in [5.41, 5.74) is 9.02. The second kappa shape index (κ2) is 42.5. The first-order chi connectivity index (χ1) is 32.5. The zero-order valence-electron chi connectivity index (χ0n) is 54.0. The minimum Gasteiger partial charge on any atom is -0.363 e. The quantitative estimate of drug-likeness (QED) is 0.121. The van der Waals surface area contributed by atoms with Gasteiger partial charge in [-0.05, 0) is 80.6 Å². The zero-order valence-corrected chi connectivity index (χ0v) is 54.0. The molecule has 0 bridgehead atoms. The number of amidine groups is 1. The molecule has 0 unspecified atom stereocenters. The van der Waals surface area contributed by atoms with Crippen molar-refractivity contribution in [2.75, 3.05) is 56.4 Å². The molecule has 73 heavy (non-hydrogen) atoms. The normalized spacial score (nSPS) is 12.2. The lowest BCUT2D eigenvalue weighted by atomic mass is 9.77. The predicted molar refractivity (Wildman–Crippen MR) is 341 cm³/mol. The van der Waals surface area contributed by atoms with Crippen LogP contribution in [0.25, 0.3) is 0 Å². The second-order valence-electron chi connectivity index (χ2n) is 23.5. The number of rotatable bonds is 12. The summed E-state index contributed by atoms with van der Waals surface area (Å²) in [7, 11) is 15.6. The molecule has 1 aliphatic heterocycles. The molecule has 0 atom stereocenters. The van der Waals surface area contributed by atoms with E-state index >= 15 is 0 Å². The smallest absolute Gasteiger partial charge is 0.216 e. The first-order valence-corrected chi connectivity index (χ1v) is 27.5. The van der Waals surface area contributed by atoms with Crippen molar-refractivity contribution < 1.29 is 0 Å². The summed E-state index contributed by atoms with van der Waals surface area (Å²) in [5.74, 6) is 4.83. The molecule has 0 N–H and O–H groups in total. The van der Waals surface area contributed by atoms with Crippen LogP contribution in [0.4, 0.5) is 0 Å². The fourth-order valence-electron chi connectivity index (χ4n) is 7.03. The van der Waals surface area contributed by atoms with Crippen LogP contribution in [-0.2, 0) is 6.54 Å². The van der Waals surface area contributed by atoms with Crippen molar-refractivity contribution in [2.24, 2.45) is 65.5 Å². The maximum absolute atomic E-state index is 4.64. The van der Waals surface area contributed by atoms with Gasteiger partial charge in [0.1, 0.15) is 5.84 Å². The lowest BCUT2D eigenvalue weighted by Crippen LogP contribution is -2.37. The topological polar surface area (TPSA) is 62.4 Å². The molecule has 8 heteroatoms. The van der Waals surface area contributed by atoms with Crippen LogP contribution < -0.4 is 0 Å². The lowest BCUT2D eigenvalue weighted by Gasteiger charge is -2.31. The van der Waals surface area contributed by atoms with E-state index < -0.39 is 0 Å². The molecule has 0 fully saturated rings. The van der Waals surface area contributed by atoms with Crippen molar-refractivity contribution in [3.63, 3.8) is 0 Å². The van der Waals surface area contributed by atoms with E-state index in [-0.39, 0.29) is 25.7 Å². The number of fused-ring (bicyclic) bond motifs is 1. The fraction of sp³-hybridized carbons (Fsp3) is 0.754.